The van der Waals surface area contributed by atoms with Crippen LogP contribution in [0.4, 0.5) is 4.39 Å². The van der Waals surface area contributed by atoms with Crippen LogP contribution >= 0.6 is 15.9 Å². The van der Waals surface area contributed by atoms with Gasteiger partial charge in [0.15, 0.2) is 0 Å². The van der Waals surface area contributed by atoms with Gasteiger partial charge >= 0.3 is 5.97 Å². The van der Waals surface area contributed by atoms with E-state index >= 15 is 0 Å². The topological polar surface area (TPSA) is 49.3 Å². The molecule has 0 saturated heterocycles. The fourth-order valence-electron chi connectivity index (χ4n) is 1.45. The maximum absolute atomic E-state index is 13.1. The van der Waals surface area contributed by atoms with Crippen molar-refractivity contribution in [3.63, 3.8) is 0 Å². The molecule has 1 aromatic rings. The molecule has 3 nitrogen and oxygen atoms in total. The van der Waals surface area contributed by atoms with Crippen LogP contribution < -0.4 is 5.32 Å². The van der Waals surface area contributed by atoms with Crippen LogP contribution in [0, 0.1) is 11.2 Å². The first-order chi connectivity index (χ1) is 8.31. The summed E-state index contributed by atoms with van der Waals surface area (Å²) in [6, 6.07) is 4.69. The lowest BCUT2D eigenvalue weighted by Gasteiger charge is -2.19. The lowest BCUT2D eigenvalue weighted by atomic mass is 9.90. The molecule has 5 heteroatoms. The highest BCUT2D eigenvalue weighted by Gasteiger charge is 2.25. The van der Waals surface area contributed by atoms with Gasteiger partial charge in [-0.25, -0.2) is 4.39 Å². The second-order valence-corrected chi connectivity index (χ2v) is 5.81. The van der Waals surface area contributed by atoms with Gasteiger partial charge in [-0.2, -0.15) is 0 Å². The molecule has 0 heterocycles. The molecular weight excluding hydrogens is 301 g/mol. The molecule has 100 valence electrons. The summed E-state index contributed by atoms with van der Waals surface area (Å²) < 4.78 is 13.8. The number of halogens is 2. The summed E-state index contributed by atoms with van der Waals surface area (Å²) in [6.07, 6.45) is 0.527. The van der Waals surface area contributed by atoms with E-state index in [-0.39, 0.29) is 5.82 Å². The minimum atomic E-state index is -0.808. The van der Waals surface area contributed by atoms with E-state index in [0.717, 1.165) is 5.56 Å². The summed E-state index contributed by atoms with van der Waals surface area (Å²) in [5.74, 6) is -1.09. The highest BCUT2D eigenvalue weighted by atomic mass is 79.9. The van der Waals surface area contributed by atoms with Crippen LogP contribution in [0.25, 0.3) is 0 Å². The molecular formula is C13H17BrFNO2. The predicted octanol–water partition coefficient (Wildman–Crippen LogP) is 3.18. The van der Waals surface area contributed by atoms with Gasteiger partial charge in [-0.15, -0.1) is 0 Å². The molecule has 2 N–H and O–H groups in total. The van der Waals surface area contributed by atoms with Gasteiger partial charge in [0.25, 0.3) is 0 Å². The predicted molar refractivity (Wildman–Crippen MR) is 71.8 cm³/mol. The second-order valence-electron chi connectivity index (χ2n) is 4.89. The fourth-order valence-corrected chi connectivity index (χ4v) is 1.97. The van der Waals surface area contributed by atoms with Gasteiger partial charge in [-0.05, 0) is 50.6 Å². The molecule has 0 fully saturated rings. The monoisotopic (exact) mass is 317 g/mol. The molecule has 0 aliphatic carbocycles. The lowest BCUT2D eigenvalue weighted by Crippen LogP contribution is -2.28. The molecule has 0 aliphatic rings. The molecule has 0 bridgehead atoms. The van der Waals surface area contributed by atoms with E-state index < -0.39 is 11.4 Å². The van der Waals surface area contributed by atoms with Crippen molar-refractivity contribution in [2.24, 2.45) is 5.41 Å². The maximum atomic E-state index is 13.1. The van der Waals surface area contributed by atoms with Gasteiger partial charge in [-0.3, -0.25) is 4.79 Å². The standard InChI is InChI=1S/C13H17BrFNO2/c1-13(2,12(17)18)3-4-16-8-9-5-10(14)7-11(15)6-9/h5-7,16H,3-4,8H2,1-2H3,(H,17,18). The second kappa shape index (κ2) is 6.29. The fraction of sp³-hybridized carbons (Fsp3) is 0.462. The Bertz CT molecular complexity index is 415. The minimum Gasteiger partial charge on any atom is -0.481 e. The van der Waals surface area contributed by atoms with Gasteiger partial charge in [0, 0.05) is 11.0 Å². The van der Waals surface area contributed by atoms with Crippen molar-refractivity contribution in [2.45, 2.75) is 26.8 Å². The number of aliphatic carboxylic acids is 1. The van der Waals surface area contributed by atoms with Crippen molar-refractivity contribution in [3.8, 4) is 0 Å². The Kier molecular flexibility index (Phi) is 5.28. The number of carboxylic acids is 1. The van der Waals surface area contributed by atoms with Gasteiger partial charge < -0.3 is 10.4 Å². The van der Waals surface area contributed by atoms with Crippen molar-refractivity contribution in [2.75, 3.05) is 6.54 Å². The number of carboxylic acid groups (broad SMARTS) is 1. The quantitative estimate of drug-likeness (QED) is 0.792. The number of carbonyl (C=O) groups is 1. The van der Waals surface area contributed by atoms with Gasteiger partial charge in [0.1, 0.15) is 5.82 Å². The highest BCUT2D eigenvalue weighted by molar-refractivity contribution is 9.10. The zero-order chi connectivity index (χ0) is 13.8. The van der Waals surface area contributed by atoms with E-state index in [0.29, 0.717) is 24.0 Å². The maximum Gasteiger partial charge on any atom is 0.309 e. The Morgan fingerprint density at radius 1 is 1.44 bits per heavy atom. The number of nitrogens with one attached hydrogen (secondary N) is 1. The van der Waals surface area contributed by atoms with Gasteiger partial charge in [0.2, 0.25) is 0 Å². The van der Waals surface area contributed by atoms with E-state index in [1.807, 2.05) is 6.07 Å². The molecule has 0 aromatic heterocycles. The largest absolute Gasteiger partial charge is 0.481 e. The number of benzene rings is 1. The average molecular weight is 318 g/mol. The van der Waals surface area contributed by atoms with Crippen LogP contribution in [0.1, 0.15) is 25.8 Å². The summed E-state index contributed by atoms with van der Waals surface area (Å²) in [4.78, 5) is 10.9. The molecule has 0 saturated carbocycles. The van der Waals surface area contributed by atoms with E-state index in [9.17, 15) is 9.18 Å². The molecule has 0 spiro atoms. The Labute approximate surface area is 115 Å². The summed E-state index contributed by atoms with van der Waals surface area (Å²) >= 11 is 3.23. The number of rotatable bonds is 6. The molecule has 0 amide bonds. The first-order valence-corrected chi connectivity index (χ1v) is 6.49. The van der Waals surface area contributed by atoms with E-state index in [1.54, 1.807) is 13.8 Å². The van der Waals surface area contributed by atoms with Gasteiger partial charge in [0.05, 0.1) is 5.41 Å². The van der Waals surface area contributed by atoms with Crippen LogP contribution in [-0.4, -0.2) is 17.6 Å². The van der Waals surface area contributed by atoms with Crippen molar-refractivity contribution in [3.05, 3.63) is 34.1 Å². The van der Waals surface area contributed by atoms with Crippen molar-refractivity contribution < 1.29 is 14.3 Å². The Morgan fingerprint density at radius 2 is 2.11 bits per heavy atom. The van der Waals surface area contributed by atoms with Crippen LogP contribution in [0.15, 0.2) is 22.7 Å². The van der Waals surface area contributed by atoms with Crippen molar-refractivity contribution in [1.82, 2.24) is 5.32 Å². The zero-order valence-corrected chi connectivity index (χ0v) is 12.1. The van der Waals surface area contributed by atoms with Crippen LogP contribution in [-0.2, 0) is 11.3 Å². The smallest absolute Gasteiger partial charge is 0.309 e. The average Bonchev–Trinajstić information content (AvgIpc) is 2.23. The summed E-state index contributed by atoms with van der Waals surface area (Å²) in [7, 11) is 0. The molecule has 0 unspecified atom stereocenters. The minimum absolute atomic E-state index is 0.285. The third-order valence-corrected chi connectivity index (χ3v) is 3.22. The summed E-state index contributed by atoms with van der Waals surface area (Å²) in [6.45, 7) is 4.48. The van der Waals surface area contributed by atoms with Crippen molar-refractivity contribution in [1.29, 1.82) is 0 Å². The lowest BCUT2D eigenvalue weighted by molar-refractivity contribution is -0.147. The third-order valence-electron chi connectivity index (χ3n) is 2.76. The highest BCUT2D eigenvalue weighted by Crippen LogP contribution is 2.19. The first-order valence-electron chi connectivity index (χ1n) is 5.70. The van der Waals surface area contributed by atoms with Gasteiger partial charge in [-0.1, -0.05) is 15.9 Å². The molecule has 1 rings (SSSR count). The third kappa shape index (κ3) is 4.74. The first kappa shape index (κ1) is 15.1. The Hall–Kier alpha value is -0.940. The normalized spacial score (nSPS) is 11.6. The summed E-state index contributed by atoms with van der Waals surface area (Å²) in [5, 5.41) is 12.1. The Balaban J connectivity index is 2.40. The summed E-state index contributed by atoms with van der Waals surface area (Å²) in [5.41, 5.74) is 0.0882. The van der Waals surface area contributed by atoms with Crippen molar-refractivity contribution >= 4 is 21.9 Å². The number of hydrogen-bond acceptors (Lipinski definition) is 2. The Morgan fingerprint density at radius 3 is 2.67 bits per heavy atom. The molecule has 0 aliphatic heterocycles. The molecule has 0 atom stereocenters. The van der Waals surface area contributed by atoms with E-state index in [1.165, 1.54) is 12.1 Å². The zero-order valence-electron chi connectivity index (χ0n) is 10.5. The van der Waals surface area contributed by atoms with Crippen LogP contribution in [0.5, 0.6) is 0 Å². The van der Waals surface area contributed by atoms with E-state index in [2.05, 4.69) is 21.2 Å². The van der Waals surface area contributed by atoms with Crippen LogP contribution in [0.3, 0.4) is 0 Å². The SMILES string of the molecule is CC(C)(CCNCc1cc(F)cc(Br)c1)C(=O)O. The van der Waals surface area contributed by atoms with E-state index in [4.69, 9.17) is 5.11 Å². The van der Waals surface area contributed by atoms with Crippen LogP contribution in [0.2, 0.25) is 0 Å². The molecule has 18 heavy (non-hydrogen) atoms. The molecule has 0 radical (unpaired) electrons. The number of hydrogen-bond donors (Lipinski definition) is 2. The molecule has 1 aromatic carbocycles.